The summed E-state index contributed by atoms with van der Waals surface area (Å²) in [5, 5.41) is 3.41. The first kappa shape index (κ1) is 12.0. The minimum atomic E-state index is 1.15. The van der Waals surface area contributed by atoms with E-state index in [1.54, 1.807) is 11.1 Å². The van der Waals surface area contributed by atoms with Crippen LogP contribution in [0, 0.1) is 0 Å². The lowest BCUT2D eigenvalue weighted by molar-refractivity contribution is 0.244. The lowest BCUT2D eigenvalue weighted by Crippen LogP contribution is -2.44. The highest BCUT2D eigenvalue weighted by Gasteiger charge is 2.18. The van der Waals surface area contributed by atoms with E-state index in [1.165, 1.54) is 44.7 Å². The number of benzene rings is 1. The van der Waals surface area contributed by atoms with Gasteiger partial charge in [-0.2, -0.15) is 0 Å². The van der Waals surface area contributed by atoms with Gasteiger partial charge in [0.15, 0.2) is 0 Å². The molecule has 2 aliphatic heterocycles. The molecule has 0 amide bonds. The second kappa shape index (κ2) is 5.29. The maximum absolute atomic E-state index is 3.41. The molecule has 2 heterocycles. The first-order valence-corrected chi connectivity index (χ1v) is 7.09. The molecule has 2 aliphatic rings. The fraction of sp³-hybridized carbons (Fsp3) is 0.600. The normalized spacial score (nSPS) is 20.2. The average Bonchev–Trinajstić information content (AvgIpc) is 2.80. The lowest BCUT2D eigenvalue weighted by atomic mass is 10.0. The minimum Gasteiger partial charge on any atom is -0.374 e. The van der Waals surface area contributed by atoms with Gasteiger partial charge in [-0.05, 0) is 30.0 Å². The topological polar surface area (TPSA) is 18.5 Å². The molecular weight excluding hydrogens is 222 g/mol. The quantitative estimate of drug-likeness (QED) is 0.861. The van der Waals surface area contributed by atoms with Gasteiger partial charge in [0.1, 0.15) is 0 Å². The van der Waals surface area contributed by atoms with Gasteiger partial charge in [-0.1, -0.05) is 12.1 Å². The summed E-state index contributed by atoms with van der Waals surface area (Å²) in [5.74, 6) is 0. The predicted octanol–water partition coefficient (Wildman–Crippen LogP) is 1.13. The predicted molar refractivity (Wildman–Crippen MR) is 76.4 cm³/mol. The van der Waals surface area contributed by atoms with Crippen LogP contribution in [-0.4, -0.2) is 51.2 Å². The van der Waals surface area contributed by atoms with Crippen molar-refractivity contribution in [2.45, 2.75) is 12.8 Å². The van der Waals surface area contributed by atoms with Crippen molar-refractivity contribution in [3.63, 3.8) is 0 Å². The summed E-state index contributed by atoms with van der Waals surface area (Å²) in [7, 11) is 2.20. The summed E-state index contributed by atoms with van der Waals surface area (Å²) in [6.45, 7) is 7.09. The monoisotopic (exact) mass is 245 g/mol. The Balaban J connectivity index is 1.66. The van der Waals surface area contributed by atoms with Crippen LogP contribution in [0.25, 0.3) is 0 Å². The molecule has 0 aromatic heterocycles. The van der Waals surface area contributed by atoms with Crippen LogP contribution < -0.4 is 10.2 Å². The van der Waals surface area contributed by atoms with Crippen molar-refractivity contribution in [3.05, 3.63) is 29.3 Å². The largest absolute Gasteiger partial charge is 0.374 e. The fourth-order valence-corrected chi connectivity index (χ4v) is 3.11. The van der Waals surface area contributed by atoms with Gasteiger partial charge < -0.3 is 15.1 Å². The maximum Gasteiger partial charge on any atom is 0.0399 e. The van der Waals surface area contributed by atoms with E-state index < -0.39 is 0 Å². The number of fused-ring (bicyclic) bond motifs is 1. The average molecular weight is 245 g/mol. The van der Waals surface area contributed by atoms with E-state index in [9.17, 15) is 0 Å². The molecule has 0 aliphatic carbocycles. The minimum absolute atomic E-state index is 1.15. The van der Waals surface area contributed by atoms with Crippen molar-refractivity contribution in [2.24, 2.45) is 0 Å². The summed E-state index contributed by atoms with van der Waals surface area (Å²) in [4.78, 5) is 4.96. The van der Waals surface area contributed by atoms with Gasteiger partial charge in [-0.3, -0.25) is 0 Å². The molecule has 0 atom stereocenters. The van der Waals surface area contributed by atoms with Crippen molar-refractivity contribution < 1.29 is 0 Å². The number of rotatable bonds is 3. The van der Waals surface area contributed by atoms with Gasteiger partial charge in [-0.25, -0.2) is 0 Å². The van der Waals surface area contributed by atoms with Crippen molar-refractivity contribution in [1.29, 1.82) is 0 Å². The van der Waals surface area contributed by atoms with Crippen LogP contribution >= 0.6 is 0 Å². The molecular formula is C15H23N3. The van der Waals surface area contributed by atoms with Gasteiger partial charge in [0.2, 0.25) is 0 Å². The van der Waals surface area contributed by atoms with Gasteiger partial charge in [0.05, 0.1) is 0 Å². The first-order chi connectivity index (χ1) is 8.84. The number of nitrogens with zero attached hydrogens (tertiary/aromatic N) is 2. The molecule has 1 fully saturated rings. The van der Waals surface area contributed by atoms with Crippen molar-refractivity contribution in [2.75, 3.05) is 51.2 Å². The molecule has 1 N–H and O–H groups in total. The van der Waals surface area contributed by atoms with Crippen LogP contribution in [0.5, 0.6) is 0 Å². The summed E-state index contributed by atoms with van der Waals surface area (Å²) in [6, 6.07) is 6.80. The molecule has 0 saturated carbocycles. The molecule has 1 saturated heterocycles. The van der Waals surface area contributed by atoms with Crippen LogP contribution in [0.4, 0.5) is 5.69 Å². The third-order valence-electron chi connectivity index (χ3n) is 4.26. The number of nitrogens with one attached hydrogen (secondary N) is 1. The molecule has 1 aromatic carbocycles. The number of likely N-dealkylation sites (N-methyl/N-ethyl adjacent to an activating group) is 1. The zero-order valence-corrected chi connectivity index (χ0v) is 11.3. The molecule has 1 aromatic rings. The zero-order chi connectivity index (χ0) is 12.4. The molecule has 0 spiro atoms. The van der Waals surface area contributed by atoms with E-state index in [4.69, 9.17) is 0 Å². The number of hydrogen-bond acceptors (Lipinski definition) is 3. The standard InChI is InChI=1S/C15H23N3/c1-17-9-6-14-13(3-2-4-15(14)17)5-10-18-11-7-16-8-12-18/h2-4,16H,5-12H2,1H3. The van der Waals surface area contributed by atoms with E-state index in [1.807, 2.05) is 0 Å². The van der Waals surface area contributed by atoms with Crippen molar-refractivity contribution in [3.8, 4) is 0 Å². The Morgan fingerprint density at radius 3 is 2.83 bits per heavy atom. The summed E-state index contributed by atoms with van der Waals surface area (Å²) in [5.41, 5.74) is 4.61. The van der Waals surface area contributed by atoms with E-state index in [0.29, 0.717) is 0 Å². The SMILES string of the molecule is CN1CCc2c(CCN3CCNCC3)cccc21. The van der Waals surface area contributed by atoms with Gasteiger partial charge >= 0.3 is 0 Å². The molecule has 18 heavy (non-hydrogen) atoms. The van der Waals surface area contributed by atoms with Gasteiger partial charge in [-0.15, -0.1) is 0 Å². The lowest BCUT2D eigenvalue weighted by Gasteiger charge is -2.27. The second-order valence-corrected chi connectivity index (χ2v) is 5.43. The molecule has 0 radical (unpaired) electrons. The number of anilines is 1. The maximum atomic E-state index is 3.41. The van der Waals surface area contributed by atoms with Gasteiger partial charge in [0.25, 0.3) is 0 Å². The van der Waals surface area contributed by atoms with Crippen LogP contribution in [0.1, 0.15) is 11.1 Å². The zero-order valence-electron chi connectivity index (χ0n) is 11.3. The second-order valence-electron chi connectivity index (χ2n) is 5.43. The Bertz CT molecular complexity index is 410. The summed E-state index contributed by atoms with van der Waals surface area (Å²) < 4.78 is 0. The molecule has 3 heteroatoms. The number of piperazine rings is 1. The molecule has 3 nitrogen and oxygen atoms in total. The smallest absolute Gasteiger partial charge is 0.0399 e. The van der Waals surface area contributed by atoms with E-state index in [2.05, 4.69) is 40.4 Å². The highest BCUT2D eigenvalue weighted by Crippen LogP contribution is 2.29. The summed E-state index contributed by atoms with van der Waals surface area (Å²) in [6.07, 6.45) is 2.43. The Morgan fingerprint density at radius 1 is 1.17 bits per heavy atom. The first-order valence-electron chi connectivity index (χ1n) is 7.09. The molecule has 3 rings (SSSR count). The van der Waals surface area contributed by atoms with Crippen LogP contribution in [0.15, 0.2) is 18.2 Å². The Hall–Kier alpha value is -1.06. The highest BCUT2D eigenvalue weighted by molar-refractivity contribution is 5.60. The van der Waals surface area contributed by atoms with E-state index >= 15 is 0 Å². The van der Waals surface area contributed by atoms with E-state index in [-0.39, 0.29) is 0 Å². The molecule has 98 valence electrons. The molecule has 0 unspecified atom stereocenters. The van der Waals surface area contributed by atoms with Crippen molar-refractivity contribution >= 4 is 5.69 Å². The van der Waals surface area contributed by atoms with Crippen LogP contribution in [0.3, 0.4) is 0 Å². The third kappa shape index (κ3) is 2.38. The Kier molecular flexibility index (Phi) is 3.52. The van der Waals surface area contributed by atoms with Crippen LogP contribution in [0.2, 0.25) is 0 Å². The molecule has 0 bridgehead atoms. The van der Waals surface area contributed by atoms with Gasteiger partial charge in [0, 0.05) is 52.0 Å². The Morgan fingerprint density at radius 2 is 2.00 bits per heavy atom. The fourth-order valence-electron chi connectivity index (χ4n) is 3.11. The number of hydrogen-bond donors (Lipinski definition) is 1. The van der Waals surface area contributed by atoms with Crippen LogP contribution in [-0.2, 0) is 12.8 Å². The third-order valence-corrected chi connectivity index (χ3v) is 4.26. The Labute approximate surface area is 110 Å². The summed E-state index contributed by atoms with van der Waals surface area (Å²) >= 11 is 0. The van der Waals surface area contributed by atoms with E-state index in [0.717, 1.165) is 13.1 Å². The highest BCUT2D eigenvalue weighted by atomic mass is 15.2. The van der Waals surface area contributed by atoms with Crippen molar-refractivity contribution in [1.82, 2.24) is 10.2 Å².